The van der Waals surface area contributed by atoms with Gasteiger partial charge in [0.05, 0.1) is 12.0 Å². The standard InChI is InChI=1S/C39H76N2/c1-5-8-11-13-15-17-19-20-21-22-23-25-27-30-32-37(4)41-36-35-40-39(41)38(33-29-10-7-3)34-31-28-26-24-18-16-14-12-9-6-2/h35-38H,5-34H2,1-4H3/p+1. The first kappa shape index (κ1) is 38.2. The van der Waals surface area contributed by atoms with E-state index in [0.717, 1.165) is 0 Å². The number of hydrogen-bond donors (Lipinski definition) is 1. The number of rotatable bonds is 32. The highest BCUT2D eigenvalue weighted by Gasteiger charge is 2.25. The number of nitrogens with one attached hydrogen (secondary N) is 1. The molecule has 0 aromatic carbocycles. The lowest BCUT2D eigenvalue weighted by Gasteiger charge is -2.17. The average Bonchev–Trinajstić information content (AvgIpc) is 3.47. The van der Waals surface area contributed by atoms with Crippen LogP contribution in [0.15, 0.2) is 12.4 Å². The van der Waals surface area contributed by atoms with Crippen molar-refractivity contribution in [1.29, 1.82) is 0 Å². The van der Waals surface area contributed by atoms with E-state index in [4.69, 9.17) is 0 Å². The molecule has 0 aliphatic carbocycles. The Labute approximate surface area is 259 Å². The summed E-state index contributed by atoms with van der Waals surface area (Å²) in [6.45, 7) is 9.42. The van der Waals surface area contributed by atoms with Crippen LogP contribution in [0.2, 0.25) is 0 Å². The van der Waals surface area contributed by atoms with Crippen LogP contribution in [0, 0.1) is 0 Å². The largest absolute Gasteiger partial charge is 0.257 e. The van der Waals surface area contributed by atoms with Gasteiger partial charge in [-0.3, -0.25) is 0 Å². The summed E-state index contributed by atoms with van der Waals surface area (Å²) < 4.78 is 2.62. The van der Waals surface area contributed by atoms with Crippen molar-refractivity contribution in [3.8, 4) is 0 Å². The first-order valence-corrected chi connectivity index (χ1v) is 19.3. The molecule has 0 amide bonds. The molecule has 0 saturated heterocycles. The molecule has 1 N–H and O–H groups in total. The predicted molar refractivity (Wildman–Crippen MR) is 184 cm³/mol. The molecule has 0 fully saturated rings. The van der Waals surface area contributed by atoms with Crippen LogP contribution in [-0.2, 0) is 0 Å². The fraction of sp³-hybridized carbons (Fsp3) is 0.923. The molecule has 242 valence electrons. The molecule has 2 unspecified atom stereocenters. The summed E-state index contributed by atoms with van der Waals surface area (Å²) in [5.41, 5.74) is 0. The van der Waals surface area contributed by atoms with E-state index in [1.165, 1.54) is 198 Å². The molecule has 1 aromatic heterocycles. The van der Waals surface area contributed by atoms with Gasteiger partial charge in [-0.1, -0.05) is 188 Å². The molecule has 0 bridgehead atoms. The van der Waals surface area contributed by atoms with E-state index in [-0.39, 0.29) is 0 Å². The van der Waals surface area contributed by atoms with E-state index < -0.39 is 0 Å². The highest BCUT2D eigenvalue weighted by molar-refractivity contribution is 4.90. The Bertz CT molecular complexity index is 635. The van der Waals surface area contributed by atoms with E-state index in [1.807, 2.05) is 0 Å². The molecule has 1 aromatic rings. The number of imidazole rings is 1. The van der Waals surface area contributed by atoms with Crippen molar-refractivity contribution in [1.82, 2.24) is 4.98 Å². The Morgan fingerprint density at radius 2 is 0.780 bits per heavy atom. The highest BCUT2D eigenvalue weighted by atomic mass is 15.1. The van der Waals surface area contributed by atoms with Crippen LogP contribution in [0.25, 0.3) is 0 Å². The minimum absolute atomic E-state index is 0.620. The van der Waals surface area contributed by atoms with Crippen molar-refractivity contribution < 1.29 is 4.57 Å². The Morgan fingerprint density at radius 3 is 1.20 bits per heavy atom. The van der Waals surface area contributed by atoms with Gasteiger partial charge >= 0.3 is 0 Å². The molecule has 2 atom stereocenters. The minimum Gasteiger partial charge on any atom is -0.247 e. The maximum Gasteiger partial charge on any atom is 0.257 e. The third-order valence-electron chi connectivity index (χ3n) is 9.64. The fourth-order valence-electron chi connectivity index (χ4n) is 6.78. The second kappa shape index (κ2) is 29.3. The first-order valence-electron chi connectivity index (χ1n) is 19.3. The lowest BCUT2D eigenvalue weighted by molar-refractivity contribution is -0.727. The monoisotopic (exact) mass is 574 g/mol. The van der Waals surface area contributed by atoms with Crippen LogP contribution >= 0.6 is 0 Å². The van der Waals surface area contributed by atoms with Gasteiger partial charge in [-0.15, -0.1) is 0 Å². The summed E-state index contributed by atoms with van der Waals surface area (Å²) in [6, 6.07) is 0.620. The van der Waals surface area contributed by atoms with Crippen molar-refractivity contribution in [2.45, 2.75) is 232 Å². The normalized spacial score (nSPS) is 13.2. The maximum absolute atomic E-state index is 3.71. The van der Waals surface area contributed by atoms with Crippen LogP contribution < -0.4 is 4.57 Å². The Morgan fingerprint density at radius 1 is 0.463 bits per heavy atom. The smallest absolute Gasteiger partial charge is 0.247 e. The fourth-order valence-corrected chi connectivity index (χ4v) is 6.78. The van der Waals surface area contributed by atoms with Crippen LogP contribution in [0.3, 0.4) is 0 Å². The molecule has 2 heteroatoms. The number of aromatic nitrogens is 2. The summed E-state index contributed by atoms with van der Waals surface area (Å²) in [4.78, 5) is 3.71. The van der Waals surface area contributed by atoms with Gasteiger partial charge in [-0.05, 0) is 32.6 Å². The molecule has 41 heavy (non-hydrogen) atoms. The van der Waals surface area contributed by atoms with Gasteiger partial charge in [0, 0.05) is 0 Å². The van der Waals surface area contributed by atoms with Gasteiger partial charge in [0.1, 0.15) is 12.4 Å². The molecule has 1 heterocycles. The topological polar surface area (TPSA) is 19.7 Å². The van der Waals surface area contributed by atoms with Crippen molar-refractivity contribution in [2.75, 3.05) is 0 Å². The van der Waals surface area contributed by atoms with Crippen LogP contribution in [0.5, 0.6) is 0 Å². The maximum atomic E-state index is 3.71. The third kappa shape index (κ3) is 21.5. The van der Waals surface area contributed by atoms with Gasteiger partial charge in [0.25, 0.3) is 5.82 Å². The van der Waals surface area contributed by atoms with Crippen LogP contribution in [0.4, 0.5) is 0 Å². The van der Waals surface area contributed by atoms with Gasteiger partial charge in [-0.2, -0.15) is 0 Å². The predicted octanol–water partition coefficient (Wildman–Crippen LogP) is 13.7. The van der Waals surface area contributed by atoms with Crippen molar-refractivity contribution in [2.24, 2.45) is 0 Å². The number of aromatic amines is 1. The van der Waals surface area contributed by atoms with Crippen molar-refractivity contribution in [3.05, 3.63) is 18.2 Å². The molecule has 0 radical (unpaired) electrons. The van der Waals surface area contributed by atoms with Gasteiger partial charge < -0.3 is 0 Å². The van der Waals surface area contributed by atoms with Crippen molar-refractivity contribution in [3.63, 3.8) is 0 Å². The van der Waals surface area contributed by atoms with E-state index in [2.05, 4.69) is 49.6 Å². The van der Waals surface area contributed by atoms with E-state index in [9.17, 15) is 0 Å². The summed E-state index contributed by atoms with van der Waals surface area (Å²) in [5.74, 6) is 2.24. The molecular weight excluding hydrogens is 496 g/mol. The third-order valence-corrected chi connectivity index (χ3v) is 9.64. The zero-order chi connectivity index (χ0) is 29.6. The summed E-state index contributed by atoms with van der Waals surface area (Å²) >= 11 is 0. The molecule has 1 rings (SSSR count). The average molecular weight is 574 g/mol. The van der Waals surface area contributed by atoms with Crippen molar-refractivity contribution >= 4 is 0 Å². The Balaban J connectivity index is 2.24. The second-order valence-corrected chi connectivity index (χ2v) is 13.6. The van der Waals surface area contributed by atoms with E-state index in [0.29, 0.717) is 12.0 Å². The van der Waals surface area contributed by atoms with Gasteiger partial charge in [-0.25, -0.2) is 9.55 Å². The molecule has 0 aliphatic rings. The Kier molecular flexibility index (Phi) is 27.3. The molecule has 2 nitrogen and oxygen atoms in total. The van der Waals surface area contributed by atoms with Crippen LogP contribution in [-0.4, -0.2) is 4.98 Å². The van der Waals surface area contributed by atoms with E-state index in [1.54, 1.807) is 0 Å². The molecule has 0 aliphatic heterocycles. The lowest BCUT2D eigenvalue weighted by Crippen LogP contribution is -2.41. The quantitative estimate of drug-likeness (QED) is 0.0653. The Hall–Kier alpha value is -0.790. The summed E-state index contributed by atoms with van der Waals surface area (Å²) in [6.07, 6.45) is 47.2. The SMILES string of the molecule is CCCCCCCCCCCCCCCCC(C)[n+]1cc[nH]c1C(CCCCC)CCCCCCCCCCCC. The zero-order valence-corrected chi connectivity index (χ0v) is 29.0. The first-order chi connectivity index (χ1) is 20.2. The number of hydrogen-bond acceptors (Lipinski definition) is 0. The van der Waals surface area contributed by atoms with E-state index >= 15 is 0 Å². The number of unbranched alkanes of at least 4 members (excludes halogenated alkanes) is 24. The van der Waals surface area contributed by atoms with Gasteiger partial charge in [0.15, 0.2) is 0 Å². The zero-order valence-electron chi connectivity index (χ0n) is 29.0. The summed E-state index contributed by atoms with van der Waals surface area (Å²) in [7, 11) is 0. The lowest BCUT2D eigenvalue weighted by atomic mass is 9.93. The number of nitrogens with zero attached hydrogens (tertiary/aromatic N) is 1. The molecule has 0 saturated carbocycles. The molecular formula is C39H77N2+. The molecule has 0 spiro atoms. The minimum atomic E-state index is 0.620. The number of H-pyrrole nitrogens is 1. The van der Waals surface area contributed by atoms with Gasteiger partial charge in [0.2, 0.25) is 0 Å². The second-order valence-electron chi connectivity index (χ2n) is 13.6. The highest BCUT2D eigenvalue weighted by Crippen LogP contribution is 2.27. The summed E-state index contributed by atoms with van der Waals surface area (Å²) in [5, 5.41) is 0. The van der Waals surface area contributed by atoms with Crippen LogP contribution in [0.1, 0.15) is 238 Å².